The van der Waals surface area contributed by atoms with E-state index in [-0.39, 0.29) is 11.5 Å². The molecule has 2 radical (unpaired) electrons. The maximum atomic E-state index is 9.71. The smallest absolute Gasteiger partial charge is 0.112 e. The highest BCUT2D eigenvalue weighted by Crippen LogP contribution is 2.40. The van der Waals surface area contributed by atoms with E-state index in [1.165, 1.54) is 0 Å². The lowest BCUT2D eigenvalue weighted by atomic mass is 9.79. The zero-order chi connectivity index (χ0) is 10.1. The molecule has 0 aromatic heterocycles. The van der Waals surface area contributed by atoms with Crippen molar-refractivity contribution in [2.75, 3.05) is 0 Å². The molecule has 0 amide bonds. The van der Waals surface area contributed by atoms with Crippen molar-refractivity contribution in [3.8, 4) is 0 Å². The summed E-state index contributed by atoms with van der Waals surface area (Å²) in [6.45, 7) is 6.25. The second-order valence-corrected chi connectivity index (χ2v) is 4.03. The molecule has 0 aromatic rings. The summed E-state index contributed by atoms with van der Waals surface area (Å²) in [4.78, 5) is 0. The van der Waals surface area contributed by atoms with Crippen LogP contribution in [0.1, 0.15) is 40.0 Å². The van der Waals surface area contributed by atoms with Gasteiger partial charge in [0.25, 0.3) is 0 Å². The predicted octanol–water partition coefficient (Wildman–Crippen LogP) is 1.46. The Morgan fingerprint density at radius 3 is 2.38 bits per heavy atom. The molecule has 4 atom stereocenters. The minimum Gasteiger partial charge on any atom is -0.391 e. The summed E-state index contributed by atoms with van der Waals surface area (Å²) in [5, 5.41) is 9.71. The zero-order valence-corrected chi connectivity index (χ0v) is 8.79. The van der Waals surface area contributed by atoms with Crippen LogP contribution in [0.25, 0.3) is 0 Å². The van der Waals surface area contributed by atoms with E-state index in [4.69, 9.17) is 12.6 Å². The first-order chi connectivity index (χ1) is 6.07. The molecule has 74 valence electrons. The molecule has 2 nitrogen and oxygen atoms in total. The number of hydrogen-bond donors (Lipinski definition) is 1. The predicted molar refractivity (Wildman–Crippen MR) is 53.7 cm³/mol. The topological polar surface area (TPSA) is 29.5 Å². The van der Waals surface area contributed by atoms with Crippen molar-refractivity contribution in [1.82, 2.24) is 0 Å². The third-order valence-electron chi connectivity index (χ3n) is 3.32. The van der Waals surface area contributed by atoms with E-state index in [1.54, 1.807) is 0 Å². The fourth-order valence-electron chi connectivity index (χ4n) is 2.34. The van der Waals surface area contributed by atoms with Gasteiger partial charge < -0.3 is 9.84 Å². The Labute approximate surface area is 82.1 Å². The summed E-state index contributed by atoms with van der Waals surface area (Å²) < 4.78 is 5.69. The van der Waals surface area contributed by atoms with Crippen molar-refractivity contribution in [2.45, 2.75) is 57.7 Å². The van der Waals surface area contributed by atoms with Crippen molar-refractivity contribution in [3.63, 3.8) is 0 Å². The van der Waals surface area contributed by atoms with Crippen molar-refractivity contribution in [1.29, 1.82) is 0 Å². The first kappa shape index (κ1) is 11.1. The van der Waals surface area contributed by atoms with E-state index in [0.717, 1.165) is 19.3 Å². The first-order valence-electron chi connectivity index (χ1n) is 5.19. The average Bonchev–Trinajstić information content (AvgIpc) is 2.32. The van der Waals surface area contributed by atoms with Gasteiger partial charge in [-0.1, -0.05) is 27.2 Å². The molecule has 1 rings (SSSR count). The van der Waals surface area contributed by atoms with Crippen molar-refractivity contribution in [3.05, 3.63) is 0 Å². The molecule has 0 aliphatic carbocycles. The third kappa shape index (κ3) is 1.77. The third-order valence-corrected chi connectivity index (χ3v) is 3.32. The molecule has 1 N–H and O–H groups in total. The number of rotatable bonds is 3. The van der Waals surface area contributed by atoms with E-state index >= 15 is 0 Å². The molecule has 1 unspecified atom stereocenters. The monoisotopic (exact) mass is 182 g/mol. The minimum atomic E-state index is -0.508. The van der Waals surface area contributed by atoms with E-state index in [0.29, 0.717) is 0 Å². The Morgan fingerprint density at radius 1 is 1.46 bits per heavy atom. The van der Waals surface area contributed by atoms with Gasteiger partial charge in [-0.15, -0.1) is 0 Å². The van der Waals surface area contributed by atoms with Crippen LogP contribution < -0.4 is 0 Å². The molecule has 1 aliphatic rings. The van der Waals surface area contributed by atoms with Crippen LogP contribution in [-0.2, 0) is 4.74 Å². The van der Waals surface area contributed by atoms with Crippen molar-refractivity contribution < 1.29 is 9.84 Å². The molecule has 1 fully saturated rings. The van der Waals surface area contributed by atoms with E-state index in [2.05, 4.69) is 13.8 Å². The van der Waals surface area contributed by atoms with Gasteiger partial charge in [0.2, 0.25) is 0 Å². The van der Waals surface area contributed by atoms with Crippen LogP contribution in [0, 0.1) is 5.92 Å². The van der Waals surface area contributed by atoms with Gasteiger partial charge in [-0.05, 0) is 12.8 Å². The Bertz CT molecular complexity index is 174. The second kappa shape index (κ2) is 4.01. The van der Waals surface area contributed by atoms with Crippen LogP contribution in [0.15, 0.2) is 0 Å². The highest BCUT2D eigenvalue weighted by atomic mass is 16.5. The van der Waals surface area contributed by atoms with Gasteiger partial charge in [-0.25, -0.2) is 0 Å². The van der Waals surface area contributed by atoms with Gasteiger partial charge in [0.15, 0.2) is 0 Å². The molecule has 1 heterocycles. The summed E-state index contributed by atoms with van der Waals surface area (Å²) in [6, 6.07) is -0.499. The Hall–Kier alpha value is -0.0151. The number of aliphatic hydroxyl groups is 1. The first-order valence-corrected chi connectivity index (χ1v) is 5.19. The summed E-state index contributed by atoms with van der Waals surface area (Å²) in [5.74, 6) is 0.146. The van der Waals surface area contributed by atoms with Gasteiger partial charge in [0, 0.05) is 11.9 Å². The SMILES string of the molecule is [B][C@@H]1O[C@@](CC)(CCC)[C@H](C)C1O. The fourth-order valence-corrected chi connectivity index (χ4v) is 2.34. The van der Waals surface area contributed by atoms with Gasteiger partial charge in [0.05, 0.1) is 11.7 Å². The van der Waals surface area contributed by atoms with E-state index < -0.39 is 12.1 Å². The quantitative estimate of drug-likeness (QED) is 0.669. The molecule has 3 heteroatoms. The Morgan fingerprint density at radius 2 is 2.08 bits per heavy atom. The maximum Gasteiger partial charge on any atom is 0.112 e. The van der Waals surface area contributed by atoms with Crippen LogP contribution in [0.2, 0.25) is 0 Å². The molecule has 1 saturated heterocycles. The van der Waals surface area contributed by atoms with Crippen LogP contribution in [0.4, 0.5) is 0 Å². The van der Waals surface area contributed by atoms with E-state index in [9.17, 15) is 5.11 Å². The summed E-state index contributed by atoms with van der Waals surface area (Å²) in [6.07, 6.45) is 2.46. The van der Waals surface area contributed by atoms with Gasteiger partial charge >= 0.3 is 0 Å². The lowest BCUT2D eigenvalue weighted by Gasteiger charge is -2.32. The van der Waals surface area contributed by atoms with Crippen LogP contribution >= 0.6 is 0 Å². The molecule has 0 bridgehead atoms. The second-order valence-electron chi connectivity index (χ2n) is 4.03. The Kier molecular flexibility index (Phi) is 3.41. The summed E-state index contributed by atoms with van der Waals surface area (Å²) >= 11 is 0. The average molecular weight is 182 g/mol. The van der Waals surface area contributed by atoms with Gasteiger partial charge in [0.1, 0.15) is 7.85 Å². The van der Waals surface area contributed by atoms with Crippen molar-refractivity contribution in [2.24, 2.45) is 5.92 Å². The summed E-state index contributed by atoms with van der Waals surface area (Å²) in [7, 11) is 5.68. The molecular formula is C10H19BO2. The fraction of sp³-hybridized carbons (Fsp3) is 1.00. The molecular weight excluding hydrogens is 163 g/mol. The summed E-state index contributed by atoms with van der Waals surface area (Å²) in [5.41, 5.74) is -0.187. The molecule has 1 aliphatic heterocycles. The molecule has 0 spiro atoms. The molecule has 13 heavy (non-hydrogen) atoms. The molecule has 0 aromatic carbocycles. The zero-order valence-electron chi connectivity index (χ0n) is 8.79. The lowest BCUT2D eigenvalue weighted by Crippen LogP contribution is -2.35. The standard InChI is InChI=1S/C10H19BO2/c1-4-6-10(5-2)7(3)8(12)9(11)13-10/h7-9,12H,4-6H2,1-3H3/t7-,8?,9-,10+/m1/s1. The van der Waals surface area contributed by atoms with Crippen LogP contribution in [0.3, 0.4) is 0 Å². The normalized spacial score (nSPS) is 45.4. The highest BCUT2D eigenvalue weighted by molar-refractivity contribution is 6.11. The molecule has 0 saturated carbocycles. The highest BCUT2D eigenvalue weighted by Gasteiger charge is 2.47. The number of hydrogen-bond acceptors (Lipinski definition) is 2. The number of aliphatic hydroxyl groups excluding tert-OH is 1. The number of ether oxygens (including phenoxy) is 1. The Balaban J connectivity index is 2.76. The van der Waals surface area contributed by atoms with E-state index in [1.807, 2.05) is 6.92 Å². The maximum absolute atomic E-state index is 9.71. The van der Waals surface area contributed by atoms with Crippen LogP contribution in [0.5, 0.6) is 0 Å². The minimum absolute atomic E-state index is 0.146. The van der Waals surface area contributed by atoms with Gasteiger partial charge in [-0.3, -0.25) is 0 Å². The van der Waals surface area contributed by atoms with Gasteiger partial charge in [-0.2, -0.15) is 0 Å². The van der Waals surface area contributed by atoms with Crippen molar-refractivity contribution >= 4 is 7.85 Å². The lowest BCUT2D eigenvalue weighted by molar-refractivity contribution is -0.0414. The largest absolute Gasteiger partial charge is 0.391 e. The van der Waals surface area contributed by atoms with Crippen LogP contribution in [-0.4, -0.2) is 30.7 Å².